The first-order valence-electron chi connectivity index (χ1n) is 11.1. The number of likely N-dealkylation sites (tertiary alicyclic amines) is 1. The molecule has 1 aromatic heterocycles. The minimum Gasteiger partial charge on any atom is -0.484 e. The Morgan fingerprint density at radius 1 is 1.19 bits per heavy atom. The number of piperidine rings is 1. The van der Waals surface area contributed by atoms with Gasteiger partial charge in [-0.15, -0.1) is 0 Å². The minimum absolute atomic E-state index is 0.00414. The third kappa shape index (κ3) is 4.12. The third-order valence-corrected chi connectivity index (χ3v) is 6.89. The van der Waals surface area contributed by atoms with E-state index >= 15 is 0 Å². The summed E-state index contributed by atoms with van der Waals surface area (Å²) >= 11 is 5.96. The summed E-state index contributed by atoms with van der Waals surface area (Å²) in [7, 11) is 0. The molecule has 32 heavy (non-hydrogen) atoms. The van der Waals surface area contributed by atoms with Crippen molar-refractivity contribution >= 4 is 17.5 Å². The second-order valence-electron chi connectivity index (χ2n) is 8.56. The van der Waals surface area contributed by atoms with Crippen LogP contribution in [0.15, 0.2) is 61.1 Å². The van der Waals surface area contributed by atoms with Crippen molar-refractivity contribution < 1.29 is 14.6 Å². The number of benzene rings is 2. The number of nitrogens with zero attached hydrogens (tertiary/aromatic N) is 3. The number of halogens is 1. The van der Waals surface area contributed by atoms with Crippen LogP contribution in [0.2, 0.25) is 5.02 Å². The molecule has 0 spiro atoms. The first kappa shape index (κ1) is 21.0. The van der Waals surface area contributed by atoms with E-state index < -0.39 is 6.10 Å². The molecule has 3 aromatic rings. The number of ether oxygens (including phenoxy) is 1. The molecule has 2 aliphatic heterocycles. The van der Waals surface area contributed by atoms with Crippen molar-refractivity contribution in [3.8, 4) is 17.0 Å². The summed E-state index contributed by atoms with van der Waals surface area (Å²) in [5, 5.41) is 11.6. The number of aromatic nitrogens is 2. The molecule has 7 heteroatoms. The zero-order valence-corrected chi connectivity index (χ0v) is 18.5. The van der Waals surface area contributed by atoms with Crippen LogP contribution in [-0.2, 0) is 4.79 Å². The van der Waals surface area contributed by atoms with Crippen molar-refractivity contribution in [3.05, 3.63) is 71.6 Å². The number of fused-ring (bicyclic) bond motifs is 3. The molecule has 2 aliphatic rings. The molecule has 2 aromatic carbocycles. The van der Waals surface area contributed by atoms with E-state index in [9.17, 15) is 9.90 Å². The molecule has 3 heterocycles. The molecular weight excluding hydrogens is 426 g/mol. The summed E-state index contributed by atoms with van der Waals surface area (Å²) < 4.78 is 7.76. The van der Waals surface area contributed by atoms with E-state index in [1.807, 2.05) is 29.6 Å². The summed E-state index contributed by atoms with van der Waals surface area (Å²) in [4.78, 5) is 18.7. The highest BCUT2D eigenvalue weighted by atomic mass is 35.5. The fourth-order valence-corrected chi connectivity index (χ4v) is 5.10. The van der Waals surface area contributed by atoms with Crippen LogP contribution in [0.5, 0.6) is 5.75 Å². The SMILES string of the molecule is O=C(COc1cccc(Cl)c1)N1CCC(C(O)CC2c3ccccc3-c3cncn32)CC1. The Labute approximate surface area is 192 Å². The van der Waals surface area contributed by atoms with Gasteiger partial charge in [0.05, 0.1) is 30.4 Å². The summed E-state index contributed by atoms with van der Waals surface area (Å²) in [6.07, 6.45) is 5.54. The lowest BCUT2D eigenvalue weighted by molar-refractivity contribution is -0.135. The second-order valence-corrected chi connectivity index (χ2v) is 8.99. The number of amides is 1. The Kier molecular flexibility index (Phi) is 5.89. The first-order valence-corrected chi connectivity index (χ1v) is 11.4. The van der Waals surface area contributed by atoms with Crippen LogP contribution < -0.4 is 4.74 Å². The molecule has 0 bridgehead atoms. The average molecular weight is 452 g/mol. The van der Waals surface area contributed by atoms with Crippen LogP contribution in [0, 0.1) is 5.92 Å². The summed E-state index contributed by atoms with van der Waals surface area (Å²) in [6, 6.07) is 15.5. The minimum atomic E-state index is -0.429. The molecule has 1 amide bonds. The van der Waals surface area contributed by atoms with Crippen molar-refractivity contribution in [1.82, 2.24) is 14.5 Å². The smallest absolute Gasteiger partial charge is 0.260 e. The summed E-state index contributed by atoms with van der Waals surface area (Å²) in [5.74, 6) is 0.727. The van der Waals surface area contributed by atoms with Gasteiger partial charge in [-0.25, -0.2) is 4.98 Å². The van der Waals surface area contributed by atoms with Crippen LogP contribution in [-0.4, -0.2) is 51.3 Å². The van der Waals surface area contributed by atoms with Gasteiger partial charge in [-0.05, 0) is 48.9 Å². The zero-order valence-electron chi connectivity index (χ0n) is 17.7. The maximum absolute atomic E-state index is 12.6. The second kappa shape index (κ2) is 8.96. The van der Waals surface area contributed by atoms with E-state index in [0.29, 0.717) is 30.3 Å². The van der Waals surface area contributed by atoms with Gasteiger partial charge in [-0.1, -0.05) is 41.9 Å². The molecule has 0 saturated carbocycles. The molecule has 0 aliphatic carbocycles. The Balaban J connectivity index is 1.15. The van der Waals surface area contributed by atoms with Crippen molar-refractivity contribution in [1.29, 1.82) is 0 Å². The first-order chi connectivity index (χ1) is 15.6. The van der Waals surface area contributed by atoms with E-state index in [-0.39, 0.29) is 24.5 Å². The average Bonchev–Trinajstić information content (AvgIpc) is 3.40. The van der Waals surface area contributed by atoms with Crippen LogP contribution in [0.1, 0.15) is 30.9 Å². The lowest BCUT2D eigenvalue weighted by atomic mass is 9.86. The lowest BCUT2D eigenvalue weighted by Crippen LogP contribution is -2.43. The van der Waals surface area contributed by atoms with Gasteiger partial charge >= 0.3 is 0 Å². The normalized spacial score (nSPS) is 18.8. The molecule has 6 nitrogen and oxygen atoms in total. The predicted molar refractivity (Wildman–Crippen MR) is 123 cm³/mol. The van der Waals surface area contributed by atoms with Crippen molar-refractivity contribution in [2.24, 2.45) is 5.92 Å². The Bertz CT molecular complexity index is 1110. The topological polar surface area (TPSA) is 67.6 Å². The highest BCUT2D eigenvalue weighted by Gasteiger charge is 2.34. The van der Waals surface area contributed by atoms with Crippen molar-refractivity contribution in [3.63, 3.8) is 0 Å². The molecule has 1 N–H and O–H groups in total. The molecule has 5 rings (SSSR count). The number of aliphatic hydroxyl groups is 1. The van der Waals surface area contributed by atoms with Gasteiger partial charge in [0.15, 0.2) is 6.61 Å². The Hall–Kier alpha value is -2.83. The molecular formula is C25H26ClN3O3. The van der Waals surface area contributed by atoms with Gasteiger partial charge < -0.3 is 19.3 Å². The number of imidazole rings is 1. The van der Waals surface area contributed by atoms with E-state index in [2.05, 4.69) is 21.7 Å². The fourth-order valence-electron chi connectivity index (χ4n) is 4.92. The molecule has 166 valence electrons. The van der Waals surface area contributed by atoms with Crippen LogP contribution >= 0.6 is 11.6 Å². The standard InChI is InChI=1S/C25H26ClN3O3/c26-18-4-3-5-19(12-18)32-15-25(31)28-10-8-17(9-11-28)24(30)13-22-20-6-1-2-7-21(20)23-14-27-16-29(22)23/h1-7,12,14,16-17,22,24,30H,8-11,13,15H2. The number of carbonyl (C=O) groups is 1. The predicted octanol–water partition coefficient (Wildman–Crippen LogP) is 4.17. The van der Waals surface area contributed by atoms with Gasteiger partial charge in [0.25, 0.3) is 5.91 Å². The lowest BCUT2D eigenvalue weighted by Gasteiger charge is -2.35. The van der Waals surface area contributed by atoms with Crippen LogP contribution in [0.25, 0.3) is 11.3 Å². The zero-order chi connectivity index (χ0) is 22.1. The molecule has 1 saturated heterocycles. The molecule has 2 unspecified atom stereocenters. The fraction of sp³-hybridized carbons (Fsp3) is 0.360. The Morgan fingerprint density at radius 2 is 2.00 bits per heavy atom. The monoisotopic (exact) mass is 451 g/mol. The highest BCUT2D eigenvalue weighted by molar-refractivity contribution is 6.30. The summed E-state index contributed by atoms with van der Waals surface area (Å²) in [5.41, 5.74) is 3.55. The molecule has 1 fully saturated rings. The van der Waals surface area contributed by atoms with E-state index in [0.717, 1.165) is 18.5 Å². The van der Waals surface area contributed by atoms with Crippen LogP contribution in [0.4, 0.5) is 0 Å². The number of aliphatic hydroxyl groups excluding tert-OH is 1. The van der Waals surface area contributed by atoms with Gasteiger partial charge in [0.2, 0.25) is 0 Å². The van der Waals surface area contributed by atoms with Gasteiger partial charge in [0, 0.05) is 23.7 Å². The highest BCUT2D eigenvalue weighted by Crippen LogP contribution is 2.42. The van der Waals surface area contributed by atoms with Gasteiger partial charge in [-0.2, -0.15) is 0 Å². The quantitative estimate of drug-likeness (QED) is 0.610. The number of rotatable bonds is 6. The third-order valence-electron chi connectivity index (χ3n) is 6.66. The van der Waals surface area contributed by atoms with Crippen LogP contribution in [0.3, 0.4) is 0 Å². The van der Waals surface area contributed by atoms with E-state index in [1.54, 1.807) is 24.3 Å². The Morgan fingerprint density at radius 3 is 2.81 bits per heavy atom. The van der Waals surface area contributed by atoms with Gasteiger partial charge in [-0.3, -0.25) is 4.79 Å². The maximum Gasteiger partial charge on any atom is 0.260 e. The number of hydrogen-bond acceptors (Lipinski definition) is 4. The molecule has 0 radical (unpaired) electrons. The van der Waals surface area contributed by atoms with Crippen molar-refractivity contribution in [2.75, 3.05) is 19.7 Å². The van der Waals surface area contributed by atoms with E-state index in [1.165, 1.54) is 11.1 Å². The molecule has 2 atom stereocenters. The largest absolute Gasteiger partial charge is 0.484 e. The van der Waals surface area contributed by atoms with E-state index in [4.69, 9.17) is 16.3 Å². The van der Waals surface area contributed by atoms with Gasteiger partial charge in [0.1, 0.15) is 5.75 Å². The van der Waals surface area contributed by atoms with Crippen molar-refractivity contribution in [2.45, 2.75) is 31.4 Å². The number of carbonyl (C=O) groups excluding carboxylic acids is 1. The number of hydrogen-bond donors (Lipinski definition) is 1. The maximum atomic E-state index is 12.6. The summed E-state index contributed by atoms with van der Waals surface area (Å²) in [6.45, 7) is 1.27.